The smallest absolute Gasteiger partial charge is 0.205 e. The summed E-state index contributed by atoms with van der Waals surface area (Å²) < 4.78 is 0. The van der Waals surface area contributed by atoms with Crippen molar-refractivity contribution >= 4 is 22.8 Å². The molecule has 3 heteroatoms. The SMILES string of the molecule is Cc1cc(C)c(C(=O)c2cccc(C)c2N)s1. The number of carbonyl (C=O) groups is 1. The average molecular weight is 245 g/mol. The molecule has 2 aromatic rings. The summed E-state index contributed by atoms with van der Waals surface area (Å²) in [5.74, 6) is 0.0294. The number of nitrogen functional groups attached to an aromatic ring is 1. The number of anilines is 1. The largest absolute Gasteiger partial charge is 0.398 e. The summed E-state index contributed by atoms with van der Waals surface area (Å²) >= 11 is 1.53. The Kier molecular flexibility index (Phi) is 3.03. The molecule has 17 heavy (non-hydrogen) atoms. The molecule has 0 saturated heterocycles. The second kappa shape index (κ2) is 4.34. The Morgan fingerprint density at radius 2 is 1.88 bits per heavy atom. The van der Waals surface area contributed by atoms with Crippen LogP contribution in [-0.2, 0) is 0 Å². The zero-order valence-corrected chi connectivity index (χ0v) is 11.0. The van der Waals surface area contributed by atoms with Crippen molar-refractivity contribution in [3.8, 4) is 0 Å². The van der Waals surface area contributed by atoms with Gasteiger partial charge in [0.2, 0.25) is 5.78 Å². The Balaban J connectivity index is 2.51. The van der Waals surface area contributed by atoms with Crippen LogP contribution >= 0.6 is 11.3 Å². The van der Waals surface area contributed by atoms with E-state index in [1.165, 1.54) is 11.3 Å². The van der Waals surface area contributed by atoms with Crippen LogP contribution in [0.15, 0.2) is 24.3 Å². The molecule has 0 aliphatic heterocycles. The molecule has 0 amide bonds. The minimum atomic E-state index is 0.0294. The molecular weight excluding hydrogens is 230 g/mol. The zero-order valence-electron chi connectivity index (χ0n) is 10.2. The van der Waals surface area contributed by atoms with Gasteiger partial charge in [0.1, 0.15) is 0 Å². The molecule has 1 heterocycles. The highest BCUT2D eigenvalue weighted by molar-refractivity contribution is 7.14. The standard InChI is InChI=1S/C14H15NOS/c1-8-5-4-6-11(12(8)15)13(16)14-9(2)7-10(3)17-14/h4-7H,15H2,1-3H3. The van der Waals surface area contributed by atoms with Gasteiger partial charge in [-0.3, -0.25) is 4.79 Å². The van der Waals surface area contributed by atoms with Crippen LogP contribution in [0.3, 0.4) is 0 Å². The van der Waals surface area contributed by atoms with Crippen molar-refractivity contribution in [2.75, 3.05) is 5.73 Å². The Hall–Kier alpha value is -1.61. The number of hydrogen-bond donors (Lipinski definition) is 1. The van der Waals surface area contributed by atoms with Gasteiger partial charge in [-0.25, -0.2) is 0 Å². The van der Waals surface area contributed by atoms with Crippen LogP contribution in [0, 0.1) is 20.8 Å². The Bertz CT molecular complexity index is 584. The molecule has 0 bridgehead atoms. The van der Waals surface area contributed by atoms with Crippen LogP contribution in [0.2, 0.25) is 0 Å². The van der Waals surface area contributed by atoms with Crippen molar-refractivity contribution < 1.29 is 4.79 Å². The van der Waals surface area contributed by atoms with Crippen molar-refractivity contribution in [3.05, 3.63) is 50.7 Å². The third kappa shape index (κ3) is 2.11. The number of benzene rings is 1. The van der Waals surface area contributed by atoms with Gasteiger partial charge in [0.05, 0.1) is 4.88 Å². The summed E-state index contributed by atoms with van der Waals surface area (Å²) in [4.78, 5) is 14.3. The third-order valence-corrected chi connectivity index (χ3v) is 3.97. The van der Waals surface area contributed by atoms with Crippen LogP contribution < -0.4 is 5.73 Å². The quantitative estimate of drug-likeness (QED) is 0.650. The summed E-state index contributed by atoms with van der Waals surface area (Å²) in [5.41, 5.74) is 9.13. The first-order valence-corrected chi connectivity index (χ1v) is 6.29. The number of para-hydroxylation sites is 1. The number of hydrogen-bond acceptors (Lipinski definition) is 3. The number of thiophene rings is 1. The van der Waals surface area contributed by atoms with Crippen molar-refractivity contribution in [2.45, 2.75) is 20.8 Å². The highest BCUT2D eigenvalue weighted by Gasteiger charge is 2.17. The fraction of sp³-hybridized carbons (Fsp3) is 0.214. The van der Waals surface area contributed by atoms with Crippen LogP contribution in [-0.4, -0.2) is 5.78 Å². The van der Waals surface area contributed by atoms with Crippen molar-refractivity contribution in [3.63, 3.8) is 0 Å². The first kappa shape index (κ1) is 11.9. The number of carbonyl (C=O) groups excluding carboxylic acids is 1. The molecule has 2 N–H and O–H groups in total. The molecule has 2 nitrogen and oxygen atoms in total. The topological polar surface area (TPSA) is 43.1 Å². The van der Waals surface area contributed by atoms with Crippen LogP contribution in [0.5, 0.6) is 0 Å². The van der Waals surface area contributed by atoms with Gasteiger partial charge in [0.25, 0.3) is 0 Å². The number of aryl methyl sites for hydroxylation is 3. The number of ketones is 1. The fourth-order valence-electron chi connectivity index (χ4n) is 1.87. The summed E-state index contributed by atoms with van der Waals surface area (Å²) in [6, 6.07) is 7.61. The van der Waals surface area contributed by atoms with Crippen molar-refractivity contribution in [1.29, 1.82) is 0 Å². The predicted molar refractivity (Wildman–Crippen MR) is 72.8 cm³/mol. The summed E-state index contributed by atoms with van der Waals surface area (Å²) in [7, 11) is 0. The van der Waals surface area contributed by atoms with Gasteiger partial charge in [-0.15, -0.1) is 11.3 Å². The highest BCUT2D eigenvalue weighted by Crippen LogP contribution is 2.27. The Labute approximate surface area is 105 Å². The predicted octanol–water partition coefficient (Wildman–Crippen LogP) is 3.49. The molecule has 0 spiro atoms. The molecule has 0 aliphatic rings. The molecule has 0 radical (unpaired) electrons. The molecule has 2 rings (SSSR count). The minimum Gasteiger partial charge on any atom is -0.398 e. The minimum absolute atomic E-state index is 0.0294. The average Bonchev–Trinajstić information content (AvgIpc) is 2.61. The molecule has 0 atom stereocenters. The van der Waals surface area contributed by atoms with Gasteiger partial charge in [0, 0.05) is 16.1 Å². The Morgan fingerprint density at radius 3 is 2.47 bits per heavy atom. The van der Waals surface area contributed by atoms with Gasteiger partial charge < -0.3 is 5.73 Å². The van der Waals surface area contributed by atoms with Gasteiger partial charge in [-0.2, -0.15) is 0 Å². The first-order chi connectivity index (χ1) is 8.00. The first-order valence-electron chi connectivity index (χ1n) is 5.47. The van der Waals surface area contributed by atoms with Gasteiger partial charge in [-0.05, 0) is 44.0 Å². The number of rotatable bonds is 2. The zero-order chi connectivity index (χ0) is 12.6. The van der Waals surface area contributed by atoms with Gasteiger partial charge in [0.15, 0.2) is 0 Å². The molecule has 1 aromatic carbocycles. The number of nitrogens with two attached hydrogens (primary N) is 1. The second-order valence-corrected chi connectivity index (χ2v) is 5.49. The van der Waals surface area contributed by atoms with E-state index in [0.717, 1.165) is 20.9 Å². The highest BCUT2D eigenvalue weighted by atomic mass is 32.1. The summed E-state index contributed by atoms with van der Waals surface area (Å²) in [5, 5.41) is 0. The monoisotopic (exact) mass is 245 g/mol. The lowest BCUT2D eigenvalue weighted by molar-refractivity contribution is 0.104. The molecule has 0 unspecified atom stereocenters. The summed E-state index contributed by atoms with van der Waals surface area (Å²) in [6.45, 7) is 5.88. The summed E-state index contributed by atoms with van der Waals surface area (Å²) in [6.07, 6.45) is 0. The van der Waals surface area contributed by atoms with Crippen molar-refractivity contribution in [1.82, 2.24) is 0 Å². The lowest BCUT2D eigenvalue weighted by Crippen LogP contribution is -2.06. The van der Waals surface area contributed by atoms with E-state index in [9.17, 15) is 4.79 Å². The van der Waals surface area contributed by atoms with E-state index in [0.29, 0.717) is 11.3 Å². The fourth-order valence-corrected chi connectivity index (χ4v) is 2.85. The normalized spacial score (nSPS) is 10.5. The molecule has 1 aromatic heterocycles. The van der Waals surface area contributed by atoms with Crippen LogP contribution in [0.4, 0.5) is 5.69 Å². The van der Waals surface area contributed by atoms with Gasteiger partial charge >= 0.3 is 0 Å². The van der Waals surface area contributed by atoms with E-state index in [-0.39, 0.29) is 5.78 Å². The molecule has 0 fully saturated rings. The third-order valence-electron chi connectivity index (χ3n) is 2.82. The van der Waals surface area contributed by atoms with E-state index in [1.807, 2.05) is 39.0 Å². The molecular formula is C14H15NOS. The van der Waals surface area contributed by atoms with Crippen molar-refractivity contribution in [2.24, 2.45) is 0 Å². The molecule has 0 aliphatic carbocycles. The van der Waals surface area contributed by atoms with Crippen LogP contribution in [0.25, 0.3) is 0 Å². The van der Waals surface area contributed by atoms with Crippen LogP contribution in [0.1, 0.15) is 31.2 Å². The molecule has 0 saturated carbocycles. The second-order valence-electron chi connectivity index (χ2n) is 4.23. The van der Waals surface area contributed by atoms with E-state index in [4.69, 9.17) is 5.73 Å². The van der Waals surface area contributed by atoms with E-state index in [2.05, 4.69) is 0 Å². The lowest BCUT2D eigenvalue weighted by Gasteiger charge is -2.06. The van der Waals surface area contributed by atoms with E-state index < -0.39 is 0 Å². The molecule has 88 valence electrons. The van der Waals surface area contributed by atoms with Gasteiger partial charge in [-0.1, -0.05) is 12.1 Å². The maximum absolute atomic E-state index is 12.4. The Morgan fingerprint density at radius 1 is 1.18 bits per heavy atom. The maximum Gasteiger partial charge on any atom is 0.205 e. The lowest BCUT2D eigenvalue weighted by atomic mass is 10.0. The van der Waals surface area contributed by atoms with E-state index >= 15 is 0 Å². The maximum atomic E-state index is 12.4. The van der Waals surface area contributed by atoms with E-state index in [1.54, 1.807) is 6.07 Å².